The summed E-state index contributed by atoms with van der Waals surface area (Å²) in [7, 11) is 3.39. The number of aryl methyl sites for hydroxylation is 1. The third-order valence-corrected chi connectivity index (χ3v) is 5.15. The van der Waals surface area contributed by atoms with Crippen molar-refractivity contribution in [3.05, 3.63) is 24.0 Å². The molecule has 29 heavy (non-hydrogen) atoms. The number of hydrogen-bond acceptors (Lipinski definition) is 5. The van der Waals surface area contributed by atoms with Crippen molar-refractivity contribution in [3.63, 3.8) is 0 Å². The van der Waals surface area contributed by atoms with Crippen LogP contribution >= 0.6 is 0 Å². The molecule has 1 aromatic heterocycles. The molecule has 0 N–H and O–H groups in total. The fourth-order valence-electron chi connectivity index (χ4n) is 3.84. The first kappa shape index (κ1) is 21.4. The second-order valence-electron chi connectivity index (χ2n) is 8.59. The summed E-state index contributed by atoms with van der Waals surface area (Å²) in [6, 6.07) is 5.97. The second kappa shape index (κ2) is 9.03. The first-order valence-corrected chi connectivity index (χ1v) is 10.3. The summed E-state index contributed by atoms with van der Waals surface area (Å²) in [4.78, 5) is 19.4. The van der Waals surface area contributed by atoms with Crippen molar-refractivity contribution < 1.29 is 19.0 Å². The highest BCUT2D eigenvalue weighted by atomic mass is 16.6. The number of imidazole rings is 1. The van der Waals surface area contributed by atoms with E-state index in [0.29, 0.717) is 13.2 Å². The zero-order chi connectivity index (χ0) is 21.0. The Labute approximate surface area is 172 Å². The van der Waals surface area contributed by atoms with Gasteiger partial charge in [-0.05, 0) is 52.2 Å². The van der Waals surface area contributed by atoms with Gasteiger partial charge >= 0.3 is 6.09 Å². The topological polar surface area (TPSA) is 65.8 Å². The van der Waals surface area contributed by atoms with Gasteiger partial charge < -0.3 is 23.7 Å². The van der Waals surface area contributed by atoms with Crippen molar-refractivity contribution >= 4 is 17.1 Å². The molecule has 7 nitrogen and oxygen atoms in total. The molecule has 1 saturated heterocycles. The molecule has 1 aromatic carbocycles. The fourth-order valence-corrected chi connectivity index (χ4v) is 3.84. The van der Waals surface area contributed by atoms with E-state index in [1.54, 1.807) is 14.2 Å². The molecule has 3 rings (SSSR count). The number of nitrogens with zero attached hydrogens (tertiary/aromatic N) is 3. The van der Waals surface area contributed by atoms with Crippen LogP contribution in [0.25, 0.3) is 11.0 Å². The summed E-state index contributed by atoms with van der Waals surface area (Å²) in [6.07, 6.45) is 2.60. The fraction of sp³-hybridized carbons (Fsp3) is 0.636. The molecule has 0 radical (unpaired) electrons. The van der Waals surface area contributed by atoms with Crippen molar-refractivity contribution in [2.24, 2.45) is 0 Å². The molecule has 1 fully saturated rings. The van der Waals surface area contributed by atoms with Gasteiger partial charge in [0.25, 0.3) is 0 Å². The molecule has 1 atom stereocenters. The van der Waals surface area contributed by atoms with Gasteiger partial charge in [0.15, 0.2) is 0 Å². The van der Waals surface area contributed by atoms with Crippen molar-refractivity contribution in [3.8, 4) is 5.75 Å². The van der Waals surface area contributed by atoms with Crippen molar-refractivity contribution in [1.29, 1.82) is 0 Å². The molecule has 7 heteroatoms. The molecular formula is C22H33N3O4. The Bertz CT molecular complexity index is 840. The number of likely N-dealkylation sites (tertiary alicyclic amines) is 1. The Kier molecular flexibility index (Phi) is 6.67. The Balaban J connectivity index is 1.88. The van der Waals surface area contributed by atoms with Gasteiger partial charge in [0.1, 0.15) is 17.2 Å². The van der Waals surface area contributed by atoms with E-state index in [9.17, 15) is 4.79 Å². The lowest BCUT2D eigenvalue weighted by atomic mass is 9.97. The highest BCUT2D eigenvalue weighted by Crippen LogP contribution is 2.31. The zero-order valence-corrected chi connectivity index (χ0v) is 18.2. The van der Waals surface area contributed by atoms with Gasteiger partial charge in [-0.3, -0.25) is 0 Å². The van der Waals surface area contributed by atoms with Crippen LogP contribution in [0.3, 0.4) is 0 Å². The van der Waals surface area contributed by atoms with Crippen LogP contribution in [0.2, 0.25) is 0 Å². The summed E-state index contributed by atoms with van der Waals surface area (Å²) in [5, 5.41) is 0. The lowest BCUT2D eigenvalue weighted by molar-refractivity contribution is 0.0195. The van der Waals surface area contributed by atoms with E-state index in [0.717, 1.165) is 55.0 Å². The molecule has 1 aliphatic rings. The number of hydrogen-bond donors (Lipinski definition) is 0. The standard InChI is InChI=1S/C22H33N3O4/c1-22(2,3)29-21(26)24-11-6-8-16(15-24)20-23-18-10-9-17(28-5)14-19(18)25(20)12-7-13-27-4/h9-10,14,16H,6-8,11-13,15H2,1-5H3/t16-/m1/s1. The third-order valence-electron chi connectivity index (χ3n) is 5.15. The summed E-state index contributed by atoms with van der Waals surface area (Å²) >= 11 is 0. The van der Waals surface area contributed by atoms with E-state index in [1.807, 2.05) is 43.9 Å². The Morgan fingerprint density at radius 1 is 1.28 bits per heavy atom. The minimum atomic E-state index is -0.492. The van der Waals surface area contributed by atoms with Crippen LogP contribution in [-0.4, -0.2) is 60.1 Å². The normalized spacial score (nSPS) is 17.6. The molecule has 1 aliphatic heterocycles. The number of benzene rings is 1. The summed E-state index contributed by atoms with van der Waals surface area (Å²) in [5.41, 5.74) is 1.52. The van der Waals surface area contributed by atoms with E-state index in [1.165, 1.54) is 0 Å². The van der Waals surface area contributed by atoms with E-state index >= 15 is 0 Å². The van der Waals surface area contributed by atoms with Gasteiger partial charge in [0, 0.05) is 45.3 Å². The van der Waals surface area contributed by atoms with Crippen molar-refractivity contribution in [2.45, 2.75) is 58.1 Å². The number of piperidine rings is 1. The van der Waals surface area contributed by atoms with Crippen molar-refractivity contribution in [1.82, 2.24) is 14.5 Å². The van der Waals surface area contributed by atoms with Crippen LogP contribution in [0.4, 0.5) is 4.79 Å². The van der Waals surface area contributed by atoms with E-state index in [4.69, 9.17) is 19.2 Å². The smallest absolute Gasteiger partial charge is 0.410 e. The van der Waals surface area contributed by atoms with Gasteiger partial charge in [-0.25, -0.2) is 9.78 Å². The van der Waals surface area contributed by atoms with Crippen LogP contribution in [0.1, 0.15) is 51.8 Å². The van der Waals surface area contributed by atoms with Gasteiger partial charge in [-0.2, -0.15) is 0 Å². The van der Waals surface area contributed by atoms with Gasteiger partial charge in [-0.1, -0.05) is 0 Å². The lowest BCUT2D eigenvalue weighted by Crippen LogP contribution is -2.42. The monoisotopic (exact) mass is 403 g/mol. The van der Waals surface area contributed by atoms with Gasteiger partial charge in [0.2, 0.25) is 0 Å². The number of carbonyl (C=O) groups is 1. The number of fused-ring (bicyclic) bond motifs is 1. The Hall–Kier alpha value is -2.28. The number of carbonyl (C=O) groups excluding carboxylic acids is 1. The second-order valence-corrected chi connectivity index (χ2v) is 8.59. The number of methoxy groups -OCH3 is 2. The highest BCUT2D eigenvalue weighted by molar-refractivity contribution is 5.78. The van der Waals surface area contributed by atoms with E-state index in [-0.39, 0.29) is 12.0 Å². The number of amides is 1. The first-order valence-electron chi connectivity index (χ1n) is 10.3. The molecule has 160 valence electrons. The average Bonchev–Trinajstić information content (AvgIpc) is 3.05. The molecule has 0 bridgehead atoms. The van der Waals surface area contributed by atoms with Crippen LogP contribution < -0.4 is 4.74 Å². The van der Waals surface area contributed by atoms with E-state index < -0.39 is 5.60 Å². The molecule has 2 aromatic rings. The average molecular weight is 404 g/mol. The SMILES string of the molecule is COCCCn1c([C@@H]2CCCN(C(=O)OC(C)(C)C)C2)nc2ccc(OC)cc21. The molecule has 0 spiro atoms. The number of aromatic nitrogens is 2. The minimum Gasteiger partial charge on any atom is -0.497 e. The number of ether oxygens (including phenoxy) is 3. The Morgan fingerprint density at radius 3 is 2.76 bits per heavy atom. The third kappa shape index (κ3) is 5.21. The predicted octanol–water partition coefficient (Wildman–Crippen LogP) is 4.20. The lowest BCUT2D eigenvalue weighted by Gasteiger charge is -2.34. The predicted molar refractivity (Wildman–Crippen MR) is 113 cm³/mol. The molecule has 2 heterocycles. The maximum absolute atomic E-state index is 12.6. The van der Waals surface area contributed by atoms with Crippen LogP contribution in [0, 0.1) is 0 Å². The van der Waals surface area contributed by atoms with Crippen molar-refractivity contribution in [2.75, 3.05) is 33.9 Å². The first-order chi connectivity index (χ1) is 13.8. The quantitative estimate of drug-likeness (QED) is 0.677. The maximum Gasteiger partial charge on any atom is 0.410 e. The molecule has 0 aliphatic carbocycles. The maximum atomic E-state index is 12.6. The molecule has 0 saturated carbocycles. The number of rotatable bonds is 6. The van der Waals surface area contributed by atoms with E-state index in [2.05, 4.69) is 4.57 Å². The van der Waals surface area contributed by atoms with Crippen LogP contribution in [0.5, 0.6) is 5.75 Å². The van der Waals surface area contributed by atoms with Gasteiger partial charge in [-0.15, -0.1) is 0 Å². The molecule has 1 amide bonds. The summed E-state index contributed by atoms with van der Waals surface area (Å²) in [6.45, 7) is 8.55. The molecular weight excluding hydrogens is 370 g/mol. The summed E-state index contributed by atoms with van der Waals surface area (Å²) < 4.78 is 18.5. The van der Waals surface area contributed by atoms with Crippen LogP contribution in [-0.2, 0) is 16.0 Å². The van der Waals surface area contributed by atoms with Gasteiger partial charge in [0.05, 0.1) is 18.1 Å². The highest BCUT2D eigenvalue weighted by Gasteiger charge is 2.31. The molecule has 0 unspecified atom stereocenters. The summed E-state index contributed by atoms with van der Waals surface area (Å²) in [5.74, 6) is 2.02. The zero-order valence-electron chi connectivity index (χ0n) is 18.2. The minimum absolute atomic E-state index is 0.178. The van der Waals surface area contributed by atoms with Crippen LogP contribution in [0.15, 0.2) is 18.2 Å². The largest absolute Gasteiger partial charge is 0.497 e. The Morgan fingerprint density at radius 2 is 2.07 bits per heavy atom.